The molecule has 0 saturated heterocycles. The van der Waals surface area contributed by atoms with E-state index in [9.17, 15) is 9.59 Å². The quantitative estimate of drug-likeness (QED) is 0.228. The molecule has 0 aliphatic carbocycles. The Hall–Kier alpha value is -3.28. The van der Waals surface area contributed by atoms with Crippen LogP contribution in [0.4, 0.5) is 0 Å². The minimum atomic E-state index is -0.337. The van der Waals surface area contributed by atoms with Crippen molar-refractivity contribution in [1.82, 2.24) is 0 Å². The predicted molar refractivity (Wildman–Crippen MR) is 129 cm³/mol. The SMILES string of the molecule is CCC(C)(C)c1ccc2c(OCCOC(C)=O)c3ccccc3c(OCCOC(C)=O)c2c1. The van der Waals surface area contributed by atoms with Gasteiger partial charge >= 0.3 is 11.9 Å². The van der Waals surface area contributed by atoms with Gasteiger partial charge in [-0.25, -0.2) is 0 Å². The first-order chi connectivity index (χ1) is 15.7. The van der Waals surface area contributed by atoms with E-state index in [4.69, 9.17) is 18.9 Å². The minimum Gasteiger partial charge on any atom is -0.489 e. The van der Waals surface area contributed by atoms with E-state index in [1.54, 1.807) is 0 Å². The van der Waals surface area contributed by atoms with Crippen molar-refractivity contribution in [3.05, 3.63) is 48.0 Å². The smallest absolute Gasteiger partial charge is 0.302 e. The van der Waals surface area contributed by atoms with Crippen molar-refractivity contribution in [1.29, 1.82) is 0 Å². The average Bonchev–Trinajstić information content (AvgIpc) is 2.79. The number of carbonyl (C=O) groups is 2. The van der Waals surface area contributed by atoms with Crippen LogP contribution in [0.3, 0.4) is 0 Å². The summed E-state index contributed by atoms with van der Waals surface area (Å²) in [4.78, 5) is 22.3. The number of fused-ring (bicyclic) bond motifs is 2. The van der Waals surface area contributed by atoms with Gasteiger partial charge in [-0.05, 0) is 23.5 Å². The summed E-state index contributed by atoms with van der Waals surface area (Å²) >= 11 is 0. The zero-order chi connectivity index (χ0) is 24.0. The molecule has 0 atom stereocenters. The molecule has 0 aromatic heterocycles. The molecule has 0 amide bonds. The van der Waals surface area contributed by atoms with Crippen molar-refractivity contribution in [3.63, 3.8) is 0 Å². The first-order valence-corrected chi connectivity index (χ1v) is 11.3. The highest BCUT2D eigenvalue weighted by Gasteiger charge is 2.22. The van der Waals surface area contributed by atoms with E-state index in [-0.39, 0.29) is 43.8 Å². The minimum absolute atomic E-state index is 0.00874. The van der Waals surface area contributed by atoms with E-state index in [0.29, 0.717) is 0 Å². The molecule has 3 aromatic rings. The Morgan fingerprint density at radius 2 is 1.21 bits per heavy atom. The van der Waals surface area contributed by atoms with Crippen LogP contribution in [0.2, 0.25) is 0 Å². The molecule has 0 aliphatic rings. The van der Waals surface area contributed by atoms with Crippen molar-refractivity contribution < 1.29 is 28.5 Å². The Morgan fingerprint density at radius 1 is 0.727 bits per heavy atom. The first-order valence-electron chi connectivity index (χ1n) is 11.3. The standard InChI is InChI=1S/C27H32O6/c1-6-27(4,5)20-11-12-23-24(17-20)26(33-16-14-31-19(3)29)22-10-8-7-9-21(22)25(23)32-15-13-30-18(2)28/h7-12,17H,6,13-16H2,1-5H3. The van der Waals surface area contributed by atoms with Gasteiger partial charge in [-0.3, -0.25) is 9.59 Å². The van der Waals surface area contributed by atoms with E-state index in [2.05, 4.69) is 39.0 Å². The van der Waals surface area contributed by atoms with Gasteiger partial charge in [-0.15, -0.1) is 0 Å². The molecule has 0 N–H and O–H groups in total. The molecule has 0 bridgehead atoms. The van der Waals surface area contributed by atoms with Gasteiger partial charge < -0.3 is 18.9 Å². The van der Waals surface area contributed by atoms with Crippen molar-refractivity contribution in [2.45, 2.75) is 46.5 Å². The van der Waals surface area contributed by atoms with Crippen LogP contribution < -0.4 is 9.47 Å². The molecule has 33 heavy (non-hydrogen) atoms. The van der Waals surface area contributed by atoms with Crippen LogP contribution in [0, 0.1) is 0 Å². The summed E-state index contributed by atoms with van der Waals surface area (Å²) in [5, 5.41) is 3.65. The van der Waals surface area contributed by atoms with E-state index < -0.39 is 0 Å². The van der Waals surface area contributed by atoms with Crippen LogP contribution in [0.15, 0.2) is 42.5 Å². The van der Waals surface area contributed by atoms with Crippen molar-refractivity contribution in [2.75, 3.05) is 26.4 Å². The lowest BCUT2D eigenvalue weighted by atomic mass is 9.81. The second-order valence-electron chi connectivity index (χ2n) is 8.58. The molecule has 0 aliphatic heterocycles. The maximum atomic E-state index is 11.2. The van der Waals surface area contributed by atoms with Crippen LogP contribution in [-0.4, -0.2) is 38.4 Å². The predicted octanol–water partition coefficient (Wildman–Crippen LogP) is 5.56. The Morgan fingerprint density at radius 3 is 1.70 bits per heavy atom. The first kappa shape index (κ1) is 24.4. The van der Waals surface area contributed by atoms with Gasteiger partial charge in [-0.1, -0.05) is 57.2 Å². The molecule has 0 radical (unpaired) electrons. The van der Waals surface area contributed by atoms with Gasteiger partial charge in [0.1, 0.15) is 37.9 Å². The van der Waals surface area contributed by atoms with Gasteiger partial charge in [0, 0.05) is 35.4 Å². The number of benzene rings is 3. The fourth-order valence-electron chi connectivity index (χ4n) is 3.69. The normalized spacial score (nSPS) is 11.4. The van der Waals surface area contributed by atoms with Crippen molar-refractivity contribution in [3.8, 4) is 11.5 Å². The van der Waals surface area contributed by atoms with Crippen LogP contribution in [0.5, 0.6) is 11.5 Å². The molecule has 176 valence electrons. The Bertz CT molecular complexity index is 1150. The fourth-order valence-corrected chi connectivity index (χ4v) is 3.69. The lowest BCUT2D eigenvalue weighted by Crippen LogP contribution is -2.15. The third kappa shape index (κ3) is 5.75. The van der Waals surface area contributed by atoms with Gasteiger partial charge in [0.25, 0.3) is 0 Å². The number of carbonyl (C=O) groups excluding carboxylic acids is 2. The second-order valence-corrected chi connectivity index (χ2v) is 8.58. The van der Waals surface area contributed by atoms with Crippen LogP contribution >= 0.6 is 0 Å². The summed E-state index contributed by atoms with van der Waals surface area (Å²) in [6, 6.07) is 14.2. The molecule has 0 unspecified atom stereocenters. The molecule has 3 aromatic carbocycles. The highest BCUT2D eigenvalue weighted by atomic mass is 16.6. The molecular weight excluding hydrogens is 420 g/mol. The molecular formula is C27H32O6. The monoisotopic (exact) mass is 452 g/mol. The van der Waals surface area contributed by atoms with Gasteiger partial charge in [0.05, 0.1) is 0 Å². The fraction of sp³-hybridized carbons (Fsp3) is 0.407. The third-order valence-corrected chi connectivity index (χ3v) is 5.86. The summed E-state index contributed by atoms with van der Waals surface area (Å²) < 4.78 is 22.4. The maximum absolute atomic E-state index is 11.2. The lowest BCUT2D eigenvalue weighted by Gasteiger charge is -2.25. The number of esters is 2. The number of ether oxygens (including phenoxy) is 4. The van der Waals surface area contributed by atoms with Crippen LogP contribution in [0.25, 0.3) is 21.5 Å². The zero-order valence-electron chi connectivity index (χ0n) is 20.0. The van der Waals surface area contributed by atoms with E-state index in [1.165, 1.54) is 19.4 Å². The number of rotatable bonds is 10. The molecule has 3 rings (SSSR count). The van der Waals surface area contributed by atoms with Gasteiger partial charge in [-0.2, -0.15) is 0 Å². The zero-order valence-corrected chi connectivity index (χ0v) is 20.0. The number of hydrogen-bond donors (Lipinski definition) is 0. The van der Waals surface area contributed by atoms with Crippen molar-refractivity contribution >= 4 is 33.5 Å². The molecule has 0 heterocycles. The molecule has 6 nitrogen and oxygen atoms in total. The van der Waals surface area contributed by atoms with E-state index in [0.717, 1.165) is 39.5 Å². The molecule has 0 fully saturated rings. The Labute approximate surface area is 194 Å². The largest absolute Gasteiger partial charge is 0.489 e. The molecule has 0 spiro atoms. The van der Waals surface area contributed by atoms with E-state index >= 15 is 0 Å². The highest BCUT2D eigenvalue weighted by molar-refractivity contribution is 6.11. The summed E-state index contributed by atoms with van der Waals surface area (Å²) in [5.74, 6) is 0.780. The lowest BCUT2D eigenvalue weighted by molar-refractivity contribution is -0.142. The molecule has 6 heteroatoms. The van der Waals surface area contributed by atoms with Crippen LogP contribution in [-0.2, 0) is 24.5 Å². The summed E-state index contributed by atoms with van der Waals surface area (Å²) in [6.07, 6.45) is 0.987. The maximum Gasteiger partial charge on any atom is 0.302 e. The van der Waals surface area contributed by atoms with Crippen LogP contribution in [0.1, 0.15) is 46.6 Å². The Kier molecular flexibility index (Phi) is 7.79. The van der Waals surface area contributed by atoms with Gasteiger partial charge in [0.15, 0.2) is 0 Å². The topological polar surface area (TPSA) is 71.1 Å². The second kappa shape index (κ2) is 10.6. The van der Waals surface area contributed by atoms with Crippen molar-refractivity contribution in [2.24, 2.45) is 0 Å². The third-order valence-electron chi connectivity index (χ3n) is 5.86. The summed E-state index contributed by atoms with van der Waals surface area (Å²) in [5.41, 5.74) is 1.19. The van der Waals surface area contributed by atoms with Gasteiger partial charge in [0.2, 0.25) is 0 Å². The summed E-state index contributed by atoms with van der Waals surface area (Å²) in [6.45, 7) is 10.2. The summed E-state index contributed by atoms with van der Waals surface area (Å²) in [7, 11) is 0. The Balaban J connectivity index is 2.13. The average molecular weight is 453 g/mol. The molecule has 0 saturated carbocycles. The van der Waals surface area contributed by atoms with E-state index in [1.807, 2.05) is 24.3 Å². The number of hydrogen-bond acceptors (Lipinski definition) is 6. The highest BCUT2D eigenvalue weighted by Crippen LogP contribution is 2.44.